The van der Waals surface area contributed by atoms with Crippen LogP contribution in [0.1, 0.15) is 52.4 Å². The quantitative estimate of drug-likeness (QED) is 0.706. The summed E-state index contributed by atoms with van der Waals surface area (Å²) < 4.78 is 0. The first-order chi connectivity index (χ1) is 6.20. The molecule has 13 heavy (non-hydrogen) atoms. The van der Waals surface area contributed by atoms with Crippen LogP contribution in [0.3, 0.4) is 0 Å². The second-order valence-corrected chi connectivity index (χ2v) is 5.61. The van der Waals surface area contributed by atoms with E-state index in [0.29, 0.717) is 0 Å². The van der Waals surface area contributed by atoms with Gasteiger partial charge in [0.05, 0.1) is 0 Å². The van der Waals surface area contributed by atoms with Crippen LogP contribution < -0.4 is 5.32 Å². The van der Waals surface area contributed by atoms with Crippen molar-refractivity contribution in [3.8, 4) is 0 Å². The van der Waals surface area contributed by atoms with Crippen LogP contribution in [0.4, 0.5) is 0 Å². The van der Waals surface area contributed by atoms with Gasteiger partial charge in [0.15, 0.2) is 0 Å². The smallest absolute Gasteiger partial charge is 0.00777 e. The van der Waals surface area contributed by atoms with E-state index in [4.69, 9.17) is 0 Å². The maximum Gasteiger partial charge on any atom is 0.00777 e. The molecule has 1 spiro atoms. The summed E-state index contributed by atoms with van der Waals surface area (Å²) in [6.07, 6.45) is 8.98. The van der Waals surface area contributed by atoms with Gasteiger partial charge in [0.2, 0.25) is 0 Å². The standard InChI is InChI=1S/C12H23N/c1-10(2)9-13-11-7-12(8-11)5-3-4-6-12/h10-11,13H,3-9H2,1-2H3. The maximum atomic E-state index is 3.67. The Morgan fingerprint density at radius 3 is 2.38 bits per heavy atom. The first kappa shape index (κ1) is 9.51. The van der Waals surface area contributed by atoms with Crippen LogP contribution in [-0.2, 0) is 0 Å². The third-order valence-electron chi connectivity index (χ3n) is 3.84. The molecule has 0 saturated heterocycles. The van der Waals surface area contributed by atoms with Crippen LogP contribution in [0.5, 0.6) is 0 Å². The van der Waals surface area contributed by atoms with Gasteiger partial charge in [-0.3, -0.25) is 0 Å². The van der Waals surface area contributed by atoms with Crippen LogP contribution in [0.2, 0.25) is 0 Å². The lowest BCUT2D eigenvalue weighted by Gasteiger charge is -2.46. The molecule has 1 heteroatoms. The average molecular weight is 181 g/mol. The molecule has 1 nitrogen and oxygen atoms in total. The van der Waals surface area contributed by atoms with E-state index >= 15 is 0 Å². The van der Waals surface area contributed by atoms with Gasteiger partial charge in [-0.1, -0.05) is 26.7 Å². The highest BCUT2D eigenvalue weighted by atomic mass is 14.9. The minimum atomic E-state index is 0.806. The zero-order chi connectivity index (χ0) is 9.31. The molecule has 2 aliphatic carbocycles. The predicted molar refractivity (Wildman–Crippen MR) is 56.8 cm³/mol. The Morgan fingerprint density at radius 1 is 1.23 bits per heavy atom. The fourth-order valence-electron chi connectivity index (χ4n) is 3.07. The van der Waals surface area contributed by atoms with Gasteiger partial charge >= 0.3 is 0 Å². The van der Waals surface area contributed by atoms with Crippen molar-refractivity contribution in [1.29, 1.82) is 0 Å². The van der Waals surface area contributed by atoms with Crippen molar-refractivity contribution in [2.45, 2.75) is 58.4 Å². The Kier molecular flexibility index (Phi) is 2.64. The minimum absolute atomic E-state index is 0.806. The van der Waals surface area contributed by atoms with Gasteiger partial charge < -0.3 is 5.32 Å². The second-order valence-electron chi connectivity index (χ2n) is 5.61. The average Bonchev–Trinajstić information content (AvgIpc) is 2.46. The minimum Gasteiger partial charge on any atom is -0.314 e. The summed E-state index contributed by atoms with van der Waals surface area (Å²) >= 11 is 0. The third kappa shape index (κ3) is 2.07. The van der Waals surface area contributed by atoms with E-state index in [0.717, 1.165) is 17.4 Å². The molecule has 0 aliphatic heterocycles. The fourth-order valence-corrected chi connectivity index (χ4v) is 3.07. The molecule has 0 aromatic carbocycles. The molecule has 0 heterocycles. The van der Waals surface area contributed by atoms with Crippen molar-refractivity contribution < 1.29 is 0 Å². The van der Waals surface area contributed by atoms with Crippen LogP contribution in [0, 0.1) is 11.3 Å². The van der Waals surface area contributed by atoms with Crippen molar-refractivity contribution in [2.75, 3.05) is 6.54 Å². The maximum absolute atomic E-state index is 3.67. The molecule has 0 radical (unpaired) electrons. The van der Waals surface area contributed by atoms with E-state index in [9.17, 15) is 0 Å². The molecule has 0 unspecified atom stereocenters. The number of rotatable bonds is 3. The zero-order valence-corrected chi connectivity index (χ0v) is 9.10. The number of hydrogen-bond acceptors (Lipinski definition) is 1. The highest BCUT2D eigenvalue weighted by Gasteiger charge is 2.45. The van der Waals surface area contributed by atoms with Crippen molar-refractivity contribution in [2.24, 2.45) is 11.3 Å². The van der Waals surface area contributed by atoms with Gasteiger partial charge in [-0.05, 0) is 43.6 Å². The molecule has 2 saturated carbocycles. The predicted octanol–water partition coefficient (Wildman–Crippen LogP) is 2.95. The SMILES string of the molecule is CC(C)CNC1CC2(CCCC2)C1. The lowest BCUT2D eigenvalue weighted by Crippen LogP contribution is -2.48. The summed E-state index contributed by atoms with van der Waals surface area (Å²) in [4.78, 5) is 0. The summed E-state index contributed by atoms with van der Waals surface area (Å²) in [5.41, 5.74) is 0.814. The summed E-state index contributed by atoms with van der Waals surface area (Å²) in [6.45, 7) is 5.79. The molecule has 0 aromatic heterocycles. The van der Waals surface area contributed by atoms with E-state index < -0.39 is 0 Å². The van der Waals surface area contributed by atoms with Gasteiger partial charge in [0.25, 0.3) is 0 Å². The van der Waals surface area contributed by atoms with Gasteiger partial charge in [0.1, 0.15) is 0 Å². The largest absolute Gasteiger partial charge is 0.314 e. The molecule has 0 aromatic rings. The molecule has 2 rings (SSSR count). The summed E-state index contributed by atoms with van der Waals surface area (Å²) in [7, 11) is 0. The van der Waals surface area contributed by atoms with Crippen molar-refractivity contribution in [1.82, 2.24) is 5.32 Å². The van der Waals surface area contributed by atoms with Gasteiger partial charge in [-0.15, -0.1) is 0 Å². The molecule has 2 fully saturated rings. The molecule has 1 N–H and O–H groups in total. The molecule has 76 valence electrons. The van der Waals surface area contributed by atoms with Gasteiger partial charge in [0, 0.05) is 6.04 Å². The Hall–Kier alpha value is -0.0400. The van der Waals surface area contributed by atoms with Gasteiger partial charge in [-0.2, -0.15) is 0 Å². The van der Waals surface area contributed by atoms with E-state index in [1.807, 2.05) is 0 Å². The Morgan fingerprint density at radius 2 is 1.85 bits per heavy atom. The van der Waals surface area contributed by atoms with Crippen molar-refractivity contribution in [3.05, 3.63) is 0 Å². The number of nitrogens with one attached hydrogen (secondary N) is 1. The van der Waals surface area contributed by atoms with Crippen LogP contribution in [0.25, 0.3) is 0 Å². The molecular weight excluding hydrogens is 158 g/mol. The van der Waals surface area contributed by atoms with Crippen LogP contribution >= 0.6 is 0 Å². The van der Waals surface area contributed by atoms with Crippen molar-refractivity contribution >= 4 is 0 Å². The zero-order valence-electron chi connectivity index (χ0n) is 9.10. The molecule has 2 aliphatic rings. The number of hydrogen-bond donors (Lipinski definition) is 1. The van der Waals surface area contributed by atoms with E-state index in [2.05, 4.69) is 19.2 Å². The Labute approximate surface area is 82.3 Å². The topological polar surface area (TPSA) is 12.0 Å². The van der Waals surface area contributed by atoms with Crippen LogP contribution in [0.15, 0.2) is 0 Å². The Balaban J connectivity index is 1.66. The van der Waals surface area contributed by atoms with Crippen molar-refractivity contribution in [3.63, 3.8) is 0 Å². The van der Waals surface area contributed by atoms with E-state index in [1.165, 1.54) is 45.1 Å². The lowest BCUT2D eigenvalue weighted by molar-refractivity contribution is 0.0881. The molecule has 0 bridgehead atoms. The molecule has 0 amide bonds. The van der Waals surface area contributed by atoms with E-state index in [-0.39, 0.29) is 0 Å². The molecular formula is C12H23N. The first-order valence-electron chi connectivity index (χ1n) is 5.94. The monoisotopic (exact) mass is 181 g/mol. The van der Waals surface area contributed by atoms with Crippen LogP contribution in [-0.4, -0.2) is 12.6 Å². The highest BCUT2D eigenvalue weighted by Crippen LogP contribution is 2.53. The van der Waals surface area contributed by atoms with E-state index in [1.54, 1.807) is 0 Å². The second kappa shape index (κ2) is 3.61. The third-order valence-corrected chi connectivity index (χ3v) is 3.84. The van der Waals surface area contributed by atoms with Gasteiger partial charge in [-0.25, -0.2) is 0 Å². The highest BCUT2D eigenvalue weighted by molar-refractivity contribution is 4.99. The summed E-state index contributed by atoms with van der Waals surface area (Å²) in [5.74, 6) is 0.806. The first-order valence-corrected chi connectivity index (χ1v) is 5.94. The summed E-state index contributed by atoms with van der Waals surface area (Å²) in [6, 6.07) is 0.862. The molecule has 0 atom stereocenters. The summed E-state index contributed by atoms with van der Waals surface area (Å²) in [5, 5.41) is 3.67. The Bertz CT molecular complexity index is 160. The lowest BCUT2D eigenvalue weighted by atomic mass is 9.64. The fraction of sp³-hybridized carbons (Fsp3) is 1.00. The normalized spacial score (nSPS) is 27.0.